The number of nitrogens with zero attached hydrogens (tertiary/aromatic N) is 3. The summed E-state index contributed by atoms with van der Waals surface area (Å²) in [7, 11) is 0. The SMILES string of the molecule is O=C(Nc1ccccc1)N1CCN2C(=O)N(C3CCCCC3)C(=O)[C@H]2C1. The monoisotopic (exact) mass is 356 g/mol. The summed E-state index contributed by atoms with van der Waals surface area (Å²) < 4.78 is 0. The second kappa shape index (κ2) is 6.97. The van der Waals surface area contributed by atoms with Crippen molar-refractivity contribution in [2.24, 2.45) is 0 Å². The zero-order valence-electron chi connectivity index (χ0n) is 14.8. The van der Waals surface area contributed by atoms with E-state index in [0.29, 0.717) is 13.1 Å². The van der Waals surface area contributed by atoms with E-state index in [0.717, 1.165) is 31.4 Å². The molecular formula is C19H24N4O3. The molecular weight excluding hydrogens is 332 g/mol. The van der Waals surface area contributed by atoms with E-state index in [1.165, 1.54) is 11.3 Å². The fraction of sp³-hybridized carbons (Fsp3) is 0.526. The van der Waals surface area contributed by atoms with Crippen LogP contribution in [0, 0.1) is 0 Å². The number of para-hydroxylation sites is 1. The fourth-order valence-electron chi connectivity index (χ4n) is 4.20. The summed E-state index contributed by atoms with van der Waals surface area (Å²) in [4.78, 5) is 42.9. The van der Waals surface area contributed by atoms with Crippen LogP contribution in [0.5, 0.6) is 0 Å². The van der Waals surface area contributed by atoms with E-state index in [1.54, 1.807) is 9.80 Å². The van der Waals surface area contributed by atoms with Crippen molar-refractivity contribution < 1.29 is 14.4 Å². The number of amides is 5. The molecule has 2 aliphatic heterocycles. The van der Waals surface area contributed by atoms with Crippen LogP contribution >= 0.6 is 0 Å². The number of hydrogen-bond donors (Lipinski definition) is 1. The molecule has 0 radical (unpaired) electrons. The van der Waals surface area contributed by atoms with Crippen molar-refractivity contribution >= 4 is 23.7 Å². The highest BCUT2D eigenvalue weighted by Gasteiger charge is 2.50. The van der Waals surface area contributed by atoms with Crippen molar-refractivity contribution in [3.8, 4) is 0 Å². The van der Waals surface area contributed by atoms with Gasteiger partial charge in [0, 0.05) is 24.8 Å². The molecule has 0 aromatic heterocycles. The average Bonchev–Trinajstić information content (AvgIpc) is 2.93. The van der Waals surface area contributed by atoms with Gasteiger partial charge >= 0.3 is 12.1 Å². The molecule has 0 spiro atoms. The molecule has 5 amide bonds. The van der Waals surface area contributed by atoms with Gasteiger partial charge in [0.1, 0.15) is 6.04 Å². The molecule has 26 heavy (non-hydrogen) atoms. The lowest BCUT2D eigenvalue weighted by Crippen LogP contribution is -2.55. The van der Waals surface area contributed by atoms with E-state index in [9.17, 15) is 14.4 Å². The first kappa shape index (κ1) is 16.9. The number of hydrogen-bond acceptors (Lipinski definition) is 3. The van der Waals surface area contributed by atoms with Gasteiger partial charge in [-0.25, -0.2) is 9.59 Å². The molecule has 7 nitrogen and oxygen atoms in total. The van der Waals surface area contributed by atoms with Crippen molar-refractivity contribution in [2.45, 2.75) is 44.2 Å². The van der Waals surface area contributed by atoms with E-state index >= 15 is 0 Å². The fourth-order valence-corrected chi connectivity index (χ4v) is 4.20. The topological polar surface area (TPSA) is 73.0 Å². The van der Waals surface area contributed by atoms with Gasteiger partial charge in [-0.05, 0) is 25.0 Å². The Bertz CT molecular complexity index is 702. The van der Waals surface area contributed by atoms with Crippen molar-refractivity contribution in [1.29, 1.82) is 0 Å². The number of fused-ring (bicyclic) bond motifs is 1. The molecule has 138 valence electrons. The first-order valence-electron chi connectivity index (χ1n) is 9.40. The zero-order chi connectivity index (χ0) is 18.1. The molecule has 0 unspecified atom stereocenters. The molecule has 1 aromatic rings. The molecule has 1 N–H and O–H groups in total. The number of imide groups is 1. The van der Waals surface area contributed by atoms with Gasteiger partial charge in [-0.1, -0.05) is 37.5 Å². The molecule has 2 saturated heterocycles. The van der Waals surface area contributed by atoms with Crippen LogP contribution in [0.4, 0.5) is 15.3 Å². The Labute approximate surface area is 152 Å². The predicted octanol–water partition coefficient (Wildman–Crippen LogP) is 2.50. The van der Waals surface area contributed by atoms with E-state index < -0.39 is 6.04 Å². The highest BCUT2D eigenvalue weighted by molar-refractivity contribution is 6.05. The van der Waals surface area contributed by atoms with Gasteiger partial charge in [-0.2, -0.15) is 0 Å². The quantitative estimate of drug-likeness (QED) is 0.828. The second-order valence-corrected chi connectivity index (χ2v) is 7.23. The van der Waals surface area contributed by atoms with Gasteiger partial charge in [0.05, 0.1) is 6.54 Å². The number of carbonyl (C=O) groups is 3. The molecule has 3 aliphatic rings. The number of anilines is 1. The van der Waals surface area contributed by atoms with E-state index in [4.69, 9.17) is 0 Å². The van der Waals surface area contributed by atoms with Crippen LogP contribution in [0.3, 0.4) is 0 Å². The highest BCUT2D eigenvalue weighted by Crippen LogP contribution is 2.30. The van der Waals surface area contributed by atoms with Crippen molar-refractivity contribution in [3.63, 3.8) is 0 Å². The lowest BCUT2D eigenvalue weighted by Gasteiger charge is -2.35. The summed E-state index contributed by atoms with van der Waals surface area (Å²) in [5.41, 5.74) is 0.720. The maximum atomic E-state index is 12.9. The van der Waals surface area contributed by atoms with Crippen LogP contribution in [-0.4, -0.2) is 64.4 Å². The molecule has 1 aromatic carbocycles. The molecule has 0 bridgehead atoms. The lowest BCUT2D eigenvalue weighted by molar-refractivity contribution is -0.131. The third kappa shape index (κ3) is 3.02. The summed E-state index contributed by atoms with van der Waals surface area (Å²) in [6.45, 7) is 1.10. The zero-order valence-corrected chi connectivity index (χ0v) is 14.8. The lowest BCUT2D eigenvalue weighted by atomic mass is 9.94. The Morgan fingerprint density at radius 3 is 2.46 bits per heavy atom. The normalized spacial score (nSPS) is 24.0. The van der Waals surface area contributed by atoms with Gasteiger partial charge in [0.15, 0.2) is 0 Å². The Kier molecular flexibility index (Phi) is 4.53. The highest BCUT2D eigenvalue weighted by atomic mass is 16.2. The van der Waals surface area contributed by atoms with Crippen molar-refractivity contribution in [3.05, 3.63) is 30.3 Å². The van der Waals surface area contributed by atoms with Crippen molar-refractivity contribution in [1.82, 2.24) is 14.7 Å². The summed E-state index contributed by atoms with van der Waals surface area (Å²) in [6.07, 6.45) is 5.11. The molecule has 1 aliphatic carbocycles. The third-order valence-electron chi connectivity index (χ3n) is 5.61. The third-order valence-corrected chi connectivity index (χ3v) is 5.61. The Morgan fingerprint density at radius 2 is 1.73 bits per heavy atom. The number of benzene rings is 1. The van der Waals surface area contributed by atoms with Crippen LogP contribution in [-0.2, 0) is 4.79 Å². The van der Waals surface area contributed by atoms with Crippen molar-refractivity contribution in [2.75, 3.05) is 25.0 Å². The molecule has 3 fully saturated rings. The summed E-state index contributed by atoms with van der Waals surface area (Å²) in [5, 5.41) is 2.85. The first-order valence-corrected chi connectivity index (χ1v) is 9.40. The number of nitrogens with one attached hydrogen (secondary N) is 1. The summed E-state index contributed by atoms with van der Waals surface area (Å²) in [5.74, 6) is -0.140. The van der Waals surface area contributed by atoms with E-state index in [1.807, 2.05) is 30.3 Å². The molecule has 1 atom stereocenters. The smallest absolute Gasteiger partial charge is 0.320 e. The Morgan fingerprint density at radius 1 is 1.00 bits per heavy atom. The van der Waals surface area contributed by atoms with Crippen LogP contribution in [0.25, 0.3) is 0 Å². The maximum Gasteiger partial charge on any atom is 0.327 e. The summed E-state index contributed by atoms with van der Waals surface area (Å²) in [6, 6.07) is 8.33. The number of rotatable bonds is 2. The summed E-state index contributed by atoms with van der Waals surface area (Å²) >= 11 is 0. The molecule has 2 heterocycles. The van der Waals surface area contributed by atoms with Crippen LogP contribution < -0.4 is 5.32 Å². The standard InChI is InChI=1S/C19H24N4O3/c24-17-16-13-21(18(25)20-14-7-3-1-4-8-14)11-12-22(16)19(26)23(17)15-9-5-2-6-10-15/h1,3-4,7-8,15-16H,2,5-6,9-13H2,(H,20,25)/t16-/m1/s1. The van der Waals surface area contributed by atoms with Gasteiger partial charge in [-0.3, -0.25) is 9.69 Å². The van der Waals surface area contributed by atoms with Gasteiger partial charge in [0.2, 0.25) is 0 Å². The number of carbonyl (C=O) groups excluding carboxylic acids is 3. The van der Waals surface area contributed by atoms with Gasteiger partial charge < -0.3 is 15.1 Å². The van der Waals surface area contributed by atoms with E-state index in [-0.39, 0.29) is 30.6 Å². The molecule has 7 heteroatoms. The maximum absolute atomic E-state index is 12.9. The molecule has 1 saturated carbocycles. The second-order valence-electron chi connectivity index (χ2n) is 7.23. The van der Waals surface area contributed by atoms with Gasteiger partial charge in [-0.15, -0.1) is 0 Å². The van der Waals surface area contributed by atoms with Gasteiger partial charge in [0.25, 0.3) is 5.91 Å². The van der Waals surface area contributed by atoms with Crippen LogP contribution in [0.15, 0.2) is 30.3 Å². The van der Waals surface area contributed by atoms with Crippen LogP contribution in [0.2, 0.25) is 0 Å². The minimum atomic E-state index is -0.542. The predicted molar refractivity (Wildman–Crippen MR) is 96.6 cm³/mol. The minimum absolute atomic E-state index is 0.0287. The Balaban J connectivity index is 1.43. The Hall–Kier alpha value is -2.57. The largest absolute Gasteiger partial charge is 0.327 e. The first-order chi connectivity index (χ1) is 12.6. The minimum Gasteiger partial charge on any atom is -0.320 e. The van der Waals surface area contributed by atoms with Crippen LogP contribution in [0.1, 0.15) is 32.1 Å². The average molecular weight is 356 g/mol. The van der Waals surface area contributed by atoms with E-state index in [2.05, 4.69) is 5.32 Å². The molecule has 4 rings (SSSR count). The number of urea groups is 2. The number of piperazine rings is 1.